The Morgan fingerprint density at radius 1 is 1.09 bits per heavy atom. The monoisotopic (exact) mass is 451 g/mol. The van der Waals surface area contributed by atoms with Crippen LogP contribution in [-0.4, -0.2) is 21.0 Å². The number of benzene rings is 2. The number of thiophene rings is 1. The number of carboxylic acid groups (broad SMARTS) is 1. The Morgan fingerprint density at radius 3 is 2.52 bits per heavy atom. The fourth-order valence-corrected chi connectivity index (χ4v) is 3.99. The lowest BCUT2D eigenvalue weighted by molar-refractivity contribution is 0.0697. The summed E-state index contributed by atoms with van der Waals surface area (Å²) in [5.41, 5.74) is 4.65. The van der Waals surface area contributed by atoms with Crippen LogP contribution >= 0.6 is 11.3 Å². The zero-order valence-electron chi connectivity index (χ0n) is 18.0. The minimum absolute atomic E-state index is 0.231. The highest BCUT2D eigenvalue weighted by Gasteiger charge is 2.14. The number of anilines is 2. The fraction of sp³-hybridized carbons (Fsp3) is 0.0741. The van der Waals surface area contributed by atoms with Crippen molar-refractivity contribution < 1.29 is 9.90 Å². The van der Waals surface area contributed by atoms with E-state index in [0.717, 1.165) is 32.9 Å². The van der Waals surface area contributed by atoms with Gasteiger partial charge < -0.3 is 10.4 Å². The second kappa shape index (κ2) is 9.94. The number of allylic oxidation sites excluding steroid dienone is 1. The molecule has 5 nitrogen and oxygen atoms in total. The molecule has 2 aromatic heterocycles. The number of hydrogen-bond donors (Lipinski definition) is 2. The molecule has 33 heavy (non-hydrogen) atoms. The molecule has 6 heteroatoms. The summed E-state index contributed by atoms with van der Waals surface area (Å²) >= 11 is 1.55. The summed E-state index contributed by atoms with van der Waals surface area (Å²) in [5.74, 6) is 6.69. The van der Waals surface area contributed by atoms with Crippen molar-refractivity contribution in [2.45, 2.75) is 13.3 Å². The minimum Gasteiger partial charge on any atom is -0.478 e. The lowest BCUT2D eigenvalue weighted by Gasteiger charge is -2.14. The SMILES string of the molecule is C=CCc1c(C)nc(-c2cc(C#Cc3ccccc3)cs2)nc1Nc1ccc(C(=O)O)cc1. The van der Waals surface area contributed by atoms with Gasteiger partial charge in [0.05, 0.1) is 10.4 Å². The van der Waals surface area contributed by atoms with Crippen LogP contribution in [0.1, 0.15) is 32.7 Å². The first-order valence-corrected chi connectivity index (χ1v) is 11.2. The summed E-state index contributed by atoms with van der Waals surface area (Å²) in [6.45, 7) is 5.79. The van der Waals surface area contributed by atoms with Gasteiger partial charge in [0.1, 0.15) is 5.82 Å². The molecule has 2 N–H and O–H groups in total. The van der Waals surface area contributed by atoms with Crippen molar-refractivity contribution >= 4 is 28.8 Å². The first-order chi connectivity index (χ1) is 16.0. The van der Waals surface area contributed by atoms with Crippen molar-refractivity contribution in [1.29, 1.82) is 0 Å². The average Bonchev–Trinajstić information content (AvgIpc) is 3.30. The number of carboxylic acids is 1. The number of carbonyl (C=O) groups is 1. The van der Waals surface area contributed by atoms with Crippen LogP contribution in [0.5, 0.6) is 0 Å². The van der Waals surface area contributed by atoms with E-state index in [1.54, 1.807) is 35.6 Å². The molecule has 162 valence electrons. The van der Waals surface area contributed by atoms with Crippen LogP contribution in [0.15, 0.2) is 78.7 Å². The largest absolute Gasteiger partial charge is 0.478 e. The first-order valence-electron chi connectivity index (χ1n) is 10.3. The van der Waals surface area contributed by atoms with Crippen molar-refractivity contribution in [3.05, 3.63) is 107 Å². The summed E-state index contributed by atoms with van der Waals surface area (Å²) in [6.07, 6.45) is 2.42. The number of aromatic carboxylic acids is 1. The van der Waals surface area contributed by atoms with Gasteiger partial charge in [-0.15, -0.1) is 17.9 Å². The van der Waals surface area contributed by atoms with E-state index >= 15 is 0 Å². The maximum atomic E-state index is 11.1. The first kappa shape index (κ1) is 22.0. The molecule has 0 aliphatic heterocycles. The molecule has 2 heterocycles. The van der Waals surface area contributed by atoms with Gasteiger partial charge in [0.25, 0.3) is 0 Å². The number of hydrogen-bond acceptors (Lipinski definition) is 5. The van der Waals surface area contributed by atoms with Crippen LogP contribution in [0, 0.1) is 18.8 Å². The Hall–Kier alpha value is -4.21. The topological polar surface area (TPSA) is 75.1 Å². The zero-order valence-corrected chi connectivity index (χ0v) is 18.8. The Bertz CT molecular complexity index is 1360. The van der Waals surface area contributed by atoms with Gasteiger partial charge in [-0.2, -0.15) is 0 Å². The average molecular weight is 452 g/mol. The summed E-state index contributed by atoms with van der Waals surface area (Å²) in [5, 5.41) is 14.4. The van der Waals surface area contributed by atoms with E-state index < -0.39 is 5.97 Å². The van der Waals surface area contributed by atoms with Gasteiger partial charge >= 0.3 is 5.97 Å². The summed E-state index contributed by atoms with van der Waals surface area (Å²) in [6, 6.07) is 18.4. The molecule has 4 aromatic rings. The smallest absolute Gasteiger partial charge is 0.335 e. The lowest BCUT2D eigenvalue weighted by Crippen LogP contribution is -2.05. The van der Waals surface area contributed by atoms with E-state index in [-0.39, 0.29) is 5.56 Å². The van der Waals surface area contributed by atoms with E-state index in [1.807, 2.05) is 54.8 Å². The molecule has 4 rings (SSSR count). The molecular weight excluding hydrogens is 430 g/mol. The summed E-state index contributed by atoms with van der Waals surface area (Å²) in [4.78, 5) is 21.5. The Labute approximate surface area is 196 Å². The maximum absolute atomic E-state index is 11.1. The van der Waals surface area contributed by atoms with E-state index in [0.29, 0.717) is 18.1 Å². The van der Waals surface area contributed by atoms with E-state index in [2.05, 4.69) is 23.7 Å². The van der Waals surface area contributed by atoms with Gasteiger partial charge in [0.2, 0.25) is 0 Å². The predicted octanol–water partition coefficient (Wildman–Crippen LogP) is 6.08. The Morgan fingerprint density at radius 2 is 1.82 bits per heavy atom. The lowest BCUT2D eigenvalue weighted by atomic mass is 10.1. The quantitative estimate of drug-likeness (QED) is 0.274. The Balaban J connectivity index is 1.65. The van der Waals surface area contributed by atoms with Crippen LogP contribution in [0.2, 0.25) is 0 Å². The number of nitrogens with one attached hydrogen (secondary N) is 1. The van der Waals surface area contributed by atoms with Crippen molar-refractivity contribution in [1.82, 2.24) is 9.97 Å². The van der Waals surface area contributed by atoms with Crippen molar-refractivity contribution in [3.63, 3.8) is 0 Å². The van der Waals surface area contributed by atoms with Gasteiger partial charge in [-0.1, -0.05) is 36.1 Å². The molecule has 0 unspecified atom stereocenters. The number of aryl methyl sites for hydroxylation is 1. The highest BCUT2D eigenvalue weighted by atomic mass is 32.1. The summed E-state index contributed by atoms with van der Waals surface area (Å²) < 4.78 is 0. The molecule has 0 aliphatic carbocycles. The summed E-state index contributed by atoms with van der Waals surface area (Å²) in [7, 11) is 0. The molecule has 0 atom stereocenters. The van der Waals surface area contributed by atoms with Crippen molar-refractivity contribution in [2.75, 3.05) is 5.32 Å². The number of nitrogens with zero attached hydrogens (tertiary/aromatic N) is 2. The van der Waals surface area contributed by atoms with Gasteiger partial charge in [-0.05, 0) is 55.8 Å². The number of rotatable bonds is 6. The zero-order chi connectivity index (χ0) is 23.2. The van der Waals surface area contributed by atoms with Crippen LogP contribution in [0.25, 0.3) is 10.7 Å². The van der Waals surface area contributed by atoms with Gasteiger partial charge in [0, 0.05) is 33.5 Å². The molecule has 0 bridgehead atoms. The second-order valence-electron chi connectivity index (χ2n) is 7.28. The standard InChI is InChI=1S/C27H21N3O2S/c1-3-7-23-18(2)28-26(30-25(23)29-22-14-12-21(13-15-22)27(31)32)24-16-20(17-33-24)11-10-19-8-5-4-6-9-19/h3-6,8-9,12-17H,1,7H2,2H3,(H,31,32)(H,28,29,30). The second-order valence-corrected chi connectivity index (χ2v) is 8.19. The molecule has 0 saturated heterocycles. The van der Waals surface area contributed by atoms with Crippen molar-refractivity contribution in [2.24, 2.45) is 0 Å². The minimum atomic E-state index is -0.960. The third-order valence-corrected chi connectivity index (χ3v) is 5.83. The third-order valence-electron chi connectivity index (χ3n) is 4.90. The molecule has 0 radical (unpaired) electrons. The highest BCUT2D eigenvalue weighted by molar-refractivity contribution is 7.13. The van der Waals surface area contributed by atoms with Crippen molar-refractivity contribution in [3.8, 4) is 22.5 Å². The van der Waals surface area contributed by atoms with E-state index in [9.17, 15) is 4.79 Å². The number of aromatic nitrogens is 2. The van der Waals surface area contributed by atoms with Crippen LogP contribution < -0.4 is 5.32 Å². The van der Waals surface area contributed by atoms with Gasteiger partial charge in [-0.3, -0.25) is 0 Å². The van der Waals surface area contributed by atoms with Crippen LogP contribution in [0.3, 0.4) is 0 Å². The van der Waals surface area contributed by atoms with E-state index in [1.165, 1.54) is 0 Å². The van der Waals surface area contributed by atoms with Crippen LogP contribution in [-0.2, 0) is 6.42 Å². The predicted molar refractivity (Wildman–Crippen MR) is 133 cm³/mol. The van der Waals surface area contributed by atoms with E-state index in [4.69, 9.17) is 15.1 Å². The molecule has 2 aromatic carbocycles. The van der Waals surface area contributed by atoms with Gasteiger partial charge in [-0.25, -0.2) is 14.8 Å². The van der Waals surface area contributed by atoms with Crippen LogP contribution in [0.4, 0.5) is 11.5 Å². The maximum Gasteiger partial charge on any atom is 0.335 e. The molecular formula is C27H21N3O2S. The fourth-order valence-electron chi connectivity index (χ4n) is 3.22. The van der Waals surface area contributed by atoms with Gasteiger partial charge in [0.15, 0.2) is 5.82 Å². The highest BCUT2D eigenvalue weighted by Crippen LogP contribution is 2.29. The molecule has 0 fully saturated rings. The molecule has 0 aliphatic rings. The third kappa shape index (κ3) is 5.35. The molecule has 0 amide bonds. The molecule has 0 spiro atoms. The Kier molecular flexibility index (Phi) is 6.63. The molecule has 0 saturated carbocycles. The normalized spacial score (nSPS) is 10.2.